The fourth-order valence-electron chi connectivity index (χ4n) is 1.77. The number of nitrogens with one attached hydrogen (secondary N) is 1. The van der Waals surface area contributed by atoms with E-state index in [1.807, 2.05) is 30.5 Å². The second-order valence-electron chi connectivity index (χ2n) is 3.75. The van der Waals surface area contributed by atoms with Crippen molar-refractivity contribution in [3.8, 4) is 0 Å². The molecule has 84 valence electrons. The Balaban J connectivity index is 1.99. The maximum Gasteiger partial charge on any atom is 0.0595 e. The van der Waals surface area contributed by atoms with Gasteiger partial charge >= 0.3 is 0 Å². The molecule has 0 amide bonds. The van der Waals surface area contributed by atoms with Gasteiger partial charge in [0.05, 0.1) is 5.52 Å². The van der Waals surface area contributed by atoms with Crippen LogP contribution in [0.2, 0.25) is 5.02 Å². The number of halogens is 1. The van der Waals surface area contributed by atoms with Gasteiger partial charge in [-0.25, -0.2) is 0 Å². The van der Waals surface area contributed by atoms with E-state index >= 15 is 0 Å². The second kappa shape index (κ2) is 4.47. The van der Waals surface area contributed by atoms with Crippen molar-refractivity contribution in [1.29, 1.82) is 0 Å². The average molecular weight is 260 g/mol. The third-order valence-corrected chi connectivity index (χ3v) is 3.91. The van der Waals surface area contributed by atoms with Gasteiger partial charge in [-0.3, -0.25) is 0 Å². The normalized spacial score (nSPS) is 10.9. The molecule has 0 saturated carbocycles. The molecule has 1 aromatic heterocycles. The first kappa shape index (κ1) is 10.8. The van der Waals surface area contributed by atoms with E-state index in [-0.39, 0.29) is 0 Å². The number of H-pyrrole nitrogens is 1. The van der Waals surface area contributed by atoms with Crippen LogP contribution in [0.1, 0.15) is 0 Å². The van der Waals surface area contributed by atoms with Gasteiger partial charge in [0.1, 0.15) is 0 Å². The number of hydrogen-bond acceptors (Lipinski definition) is 1. The molecule has 1 heterocycles. The summed E-state index contributed by atoms with van der Waals surface area (Å²) in [4.78, 5) is 5.70. The van der Waals surface area contributed by atoms with Crippen LogP contribution in [0.4, 0.5) is 0 Å². The van der Waals surface area contributed by atoms with Crippen LogP contribution < -0.4 is 0 Å². The lowest BCUT2D eigenvalue weighted by Gasteiger charge is -2.03. The molecule has 0 radical (unpaired) electrons. The Morgan fingerprint density at radius 3 is 2.59 bits per heavy atom. The minimum atomic E-state index is 0.771. The molecule has 0 atom stereocenters. The van der Waals surface area contributed by atoms with Gasteiger partial charge in [-0.2, -0.15) is 0 Å². The molecular formula is C14H10ClNS. The highest BCUT2D eigenvalue weighted by Gasteiger charge is 2.03. The van der Waals surface area contributed by atoms with Gasteiger partial charge in [-0.15, -0.1) is 0 Å². The van der Waals surface area contributed by atoms with Gasteiger partial charge in [0.15, 0.2) is 0 Å². The molecule has 0 fully saturated rings. The van der Waals surface area contributed by atoms with Crippen LogP contribution in [0, 0.1) is 0 Å². The van der Waals surface area contributed by atoms with Crippen molar-refractivity contribution in [3.63, 3.8) is 0 Å². The van der Waals surface area contributed by atoms with Crippen LogP contribution in [0.25, 0.3) is 10.9 Å². The molecule has 3 rings (SSSR count). The Morgan fingerprint density at radius 1 is 0.941 bits per heavy atom. The summed E-state index contributed by atoms with van der Waals surface area (Å²) in [7, 11) is 0. The van der Waals surface area contributed by atoms with Gasteiger partial charge in [0, 0.05) is 26.4 Å². The Morgan fingerprint density at radius 2 is 1.76 bits per heavy atom. The zero-order valence-electron chi connectivity index (χ0n) is 8.98. The van der Waals surface area contributed by atoms with E-state index in [9.17, 15) is 0 Å². The lowest BCUT2D eigenvalue weighted by atomic mass is 10.2. The molecule has 0 spiro atoms. The van der Waals surface area contributed by atoms with E-state index < -0.39 is 0 Å². The first-order chi connectivity index (χ1) is 8.33. The highest BCUT2D eigenvalue weighted by Crippen LogP contribution is 2.33. The van der Waals surface area contributed by atoms with Crippen LogP contribution >= 0.6 is 23.4 Å². The maximum atomic E-state index is 5.88. The lowest BCUT2D eigenvalue weighted by Crippen LogP contribution is -1.76. The molecule has 0 bridgehead atoms. The monoisotopic (exact) mass is 259 g/mol. The largest absolute Gasteiger partial charge is 0.360 e. The van der Waals surface area contributed by atoms with Crippen molar-refractivity contribution in [2.75, 3.05) is 0 Å². The van der Waals surface area contributed by atoms with Crippen molar-refractivity contribution in [2.24, 2.45) is 0 Å². The summed E-state index contributed by atoms with van der Waals surface area (Å²) in [6.07, 6.45) is 1.97. The first-order valence-electron chi connectivity index (χ1n) is 5.32. The van der Waals surface area contributed by atoms with Crippen LogP contribution in [0.15, 0.2) is 64.5 Å². The predicted octanol–water partition coefficient (Wildman–Crippen LogP) is 4.97. The lowest BCUT2D eigenvalue weighted by molar-refractivity contribution is 1.38. The molecule has 0 aliphatic carbocycles. The Labute approximate surface area is 109 Å². The van der Waals surface area contributed by atoms with Crippen LogP contribution in [-0.2, 0) is 0 Å². The van der Waals surface area contributed by atoms with Crippen LogP contribution in [-0.4, -0.2) is 4.98 Å². The Hall–Kier alpha value is -1.38. The predicted molar refractivity (Wildman–Crippen MR) is 73.9 cm³/mol. The summed E-state index contributed by atoms with van der Waals surface area (Å²) in [5, 5.41) is 2.01. The zero-order valence-corrected chi connectivity index (χ0v) is 10.6. The van der Waals surface area contributed by atoms with Crippen molar-refractivity contribution in [1.82, 2.24) is 4.98 Å². The van der Waals surface area contributed by atoms with Gasteiger partial charge in [-0.05, 0) is 36.4 Å². The number of fused-ring (bicyclic) bond motifs is 1. The zero-order chi connectivity index (χ0) is 11.7. The minimum Gasteiger partial charge on any atom is -0.360 e. The summed E-state index contributed by atoms with van der Waals surface area (Å²) >= 11 is 7.62. The third kappa shape index (κ3) is 2.19. The summed E-state index contributed by atoms with van der Waals surface area (Å²) in [5.74, 6) is 0. The summed E-state index contributed by atoms with van der Waals surface area (Å²) < 4.78 is 0. The Kier molecular flexibility index (Phi) is 2.83. The van der Waals surface area contributed by atoms with E-state index in [0.29, 0.717) is 0 Å². The number of aromatic nitrogens is 1. The van der Waals surface area contributed by atoms with Crippen molar-refractivity contribution >= 4 is 34.3 Å². The minimum absolute atomic E-state index is 0.771. The topological polar surface area (TPSA) is 15.8 Å². The summed E-state index contributed by atoms with van der Waals surface area (Å²) in [6, 6.07) is 16.3. The van der Waals surface area contributed by atoms with E-state index in [1.54, 1.807) is 11.8 Å². The molecule has 0 unspecified atom stereocenters. The highest BCUT2D eigenvalue weighted by molar-refractivity contribution is 7.99. The van der Waals surface area contributed by atoms with E-state index in [1.165, 1.54) is 20.7 Å². The maximum absolute atomic E-state index is 5.88. The fourth-order valence-corrected chi connectivity index (χ4v) is 2.85. The van der Waals surface area contributed by atoms with Gasteiger partial charge in [-0.1, -0.05) is 35.5 Å². The smallest absolute Gasteiger partial charge is 0.0595 e. The summed E-state index contributed by atoms with van der Waals surface area (Å²) in [6.45, 7) is 0. The molecule has 3 aromatic rings. The SMILES string of the molecule is Clc1ccc(Sc2cccc3cc[nH]c23)cc1. The quantitative estimate of drug-likeness (QED) is 0.687. The first-order valence-corrected chi connectivity index (χ1v) is 6.52. The van der Waals surface area contributed by atoms with E-state index in [4.69, 9.17) is 11.6 Å². The Bertz CT molecular complexity index is 643. The molecule has 0 aliphatic rings. The molecule has 2 aromatic carbocycles. The van der Waals surface area contributed by atoms with E-state index in [0.717, 1.165) is 5.02 Å². The fraction of sp³-hybridized carbons (Fsp3) is 0. The molecule has 17 heavy (non-hydrogen) atoms. The van der Waals surface area contributed by atoms with Crippen LogP contribution in [0.3, 0.4) is 0 Å². The standard InChI is InChI=1S/C14H10ClNS/c15-11-4-6-12(7-5-11)17-13-3-1-2-10-8-9-16-14(10)13/h1-9,16H. The third-order valence-electron chi connectivity index (χ3n) is 2.59. The molecule has 3 heteroatoms. The van der Waals surface area contributed by atoms with E-state index in [2.05, 4.69) is 29.2 Å². The van der Waals surface area contributed by atoms with Crippen LogP contribution in [0.5, 0.6) is 0 Å². The number of benzene rings is 2. The second-order valence-corrected chi connectivity index (χ2v) is 5.31. The van der Waals surface area contributed by atoms with Crippen molar-refractivity contribution in [3.05, 3.63) is 59.8 Å². The molecule has 0 aliphatic heterocycles. The molecule has 1 N–H and O–H groups in total. The molecule has 1 nitrogen and oxygen atoms in total. The molecular weight excluding hydrogens is 250 g/mol. The number of para-hydroxylation sites is 1. The number of aromatic amines is 1. The molecule has 0 saturated heterocycles. The summed E-state index contributed by atoms with van der Waals surface area (Å²) in [5.41, 5.74) is 1.19. The van der Waals surface area contributed by atoms with Gasteiger partial charge in [0.2, 0.25) is 0 Å². The highest BCUT2D eigenvalue weighted by atomic mass is 35.5. The average Bonchev–Trinajstić information content (AvgIpc) is 2.81. The van der Waals surface area contributed by atoms with Crippen molar-refractivity contribution < 1.29 is 0 Å². The van der Waals surface area contributed by atoms with Gasteiger partial charge < -0.3 is 4.98 Å². The number of rotatable bonds is 2. The number of hydrogen-bond donors (Lipinski definition) is 1. The van der Waals surface area contributed by atoms with Crippen molar-refractivity contribution in [2.45, 2.75) is 9.79 Å². The van der Waals surface area contributed by atoms with Gasteiger partial charge in [0.25, 0.3) is 0 Å².